The number of likely N-dealkylation sites (tertiary alicyclic amines) is 1. The van der Waals surface area contributed by atoms with Gasteiger partial charge in [0.05, 0.1) is 11.0 Å². The molecule has 0 radical (unpaired) electrons. The summed E-state index contributed by atoms with van der Waals surface area (Å²) in [6.45, 7) is 3.07. The standard InChI is InChI=1S/C14H19FN4/c1-18-6-4-10(5-7-18)9-19-13-8-11(15)2-3-12(13)17-14(19)16/h2-3,8,10H,4-7,9H2,1H3,(H2,16,17). The lowest BCUT2D eigenvalue weighted by molar-refractivity contribution is 0.206. The first kappa shape index (κ1) is 12.4. The van der Waals surface area contributed by atoms with Gasteiger partial charge >= 0.3 is 0 Å². The van der Waals surface area contributed by atoms with Gasteiger partial charge in [-0.25, -0.2) is 9.37 Å². The Labute approximate surface area is 112 Å². The molecule has 1 saturated heterocycles. The van der Waals surface area contributed by atoms with Gasteiger partial charge in [-0.2, -0.15) is 0 Å². The maximum atomic E-state index is 13.4. The minimum atomic E-state index is -0.239. The van der Waals surface area contributed by atoms with Gasteiger partial charge in [0.15, 0.2) is 0 Å². The van der Waals surface area contributed by atoms with Crippen LogP contribution < -0.4 is 5.73 Å². The van der Waals surface area contributed by atoms with E-state index in [2.05, 4.69) is 16.9 Å². The van der Waals surface area contributed by atoms with Crippen molar-refractivity contribution in [3.05, 3.63) is 24.0 Å². The Morgan fingerprint density at radius 2 is 2.11 bits per heavy atom. The highest BCUT2D eigenvalue weighted by atomic mass is 19.1. The Morgan fingerprint density at radius 3 is 2.84 bits per heavy atom. The summed E-state index contributed by atoms with van der Waals surface area (Å²) in [5, 5.41) is 0. The number of halogens is 1. The van der Waals surface area contributed by atoms with E-state index in [4.69, 9.17) is 5.73 Å². The number of fused-ring (bicyclic) bond motifs is 1. The average Bonchev–Trinajstić information content (AvgIpc) is 2.69. The van der Waals surface area contributed by atoms with Crippen LogP contribution >= 0.6 is 0 Å². The first-order chi connectivity index (χ1) is 9.13. The van der Waals surface area contributed by atoms with Gasteiger partial charge in [-0.15, -0.1) is 0 Å². The summed E-state index contributed by atoms with van der Waals surface area (Å²) in [5.41, 5.74) is 7.54. The molecule has 1 aliphatic rings. The Morgan fingerprint density at radius 1 is 1.37 bits per heavy atom. The van der Waals surface area contributed by atoms with E-state index in [9.17, 15) is 4.39 Å². The van der Waals surface area contributed by atoms with E-state index >= 15 is 0 Å². The van der Waals surface area contributed by atoms with Crippen LogP contribution in [-0.2, 0) is 6.54 Å². The number of nitrogens with two attached hydrogens (primary N) is 1. The van der Waals surface area contributed by atoms with E-state index in [-0.39, 0.29) is 5.82 Å². The predicted molar refractivity (Wildman–Crippen MR) is 74.3 cm³/mol. The molecule has 2 N–H and O–H groups in total. The largest absolute Gasteiger partial charge is 0.369 e. The number of piperidine rings is 1. The Bertz CT molecular complexity index is 584. The second-order valence-electron chi connectivity index (χ2n) is 5.46. The van der Waals surface area contributed by atoms with Crippen molar-refractivity contribution < 1.29 is 4.39 Å². The van der Waals surface area contributed by atoms with Gasteiger partial charge in [-0.1, -0.05) is 0 Å². The summed E-state index contributed by atoms with van der Waals surface area (Å²) in [6, 6.07) is 4.63. The summed E-state index contributed by atoms with van der Waals surface area (Å²) < 4.78 is 15.3. The molecular formula is C14H19FN4. The zero-order chi connectivity index (χ0) is 13.4. The van der Waals surface area contributed by atoms with Crippen molar-refractivity contribution in [1.29, 1.82) is 0 Å². The van der Waals surface area contributed by atoms with E-state index in [0.29, 0.717) is 11.9 Å². The van der Waals surface area contributed by atoms with E-state index in [1.54, 1.807) is 6.07 Å². The van der Waals surface area contributed by atoms with Gasteiger partial charge in [0.1, 0.15) is 5.82 Å². The molecule has 1 aromatic carbocycles. The topological polar surface area (TPSA) is 47.1 Å². The number of nitrogens with zero attached hydrogens (tertiary/aromatic N) is 3. The minimum Gasteiger partial charge on any atom is -0.369 e. The number of nitrogen functional groups attached to an aromatic ring is 1. The normalized spacial score (nSPS) is 18.2. The number of aromatic nitrogens is 2. The van der Waals surface area contributed by atoms with Crippen LogP contribution in [0.5, 0.6) is 0 Å². The quantitative estimate of drug-likeness (QED) is 0.901. The third kappa shape index (κ3) is 2.42. The molecule has 102 valence electrons. The zero-order valence-electron chi connectivity index (χ0n) is 11.1. The SMILES string of the molecule is CN1CCC(Cn2c(N)nc3ccc(F)cc32)CC1. The van der Waals surface area contributed by atoms with Crippen molar-refractivity contribution in [1.82, 2.24) is 14.5 Å². The van der Waals surface area contributed by atoms with Crippen LogP contribution in [0, 0.1) is 11.7 Å². The number of imidazole rings is 1. The maximum absolute atomic E-state index is 13.4. The Balaban J connectivity index is 1.87. The van der Waals surface area contributed by atoms with Crippen molar-refractivity contribution in [2.45, 2.75) is 19.4 Å². The van der Waals surface area contributed by atoms with Crippen molar-refractivity contribution in [2.24, 2.45) is 5.92 Å². The summed E-state index contributed by atoms with van der Waals surface area (Å²) >= 11 is 0. The van der Waals surface area contributed by atoms with E-state index in [1.165, 1.54) is 12.1 Å². The third-order valence-corrected chi connectivity index (χ3v) is 4.02. The third-order valence-electron chi connectivity index (χ3n) is 4.02. The molecule has 1 fully saturated rings. The molecule has 5 heteroatoms. The monoisotopic (exact) mass is 262 g/mol. The van der Waals surface area contributed by atoms with Crippen LogP contribution in [0.15, 0.2) is 18.2 Å². The summed E-state index contributed by atoms with van der Waals surface area (Å²) in [6.07, 6.45) is 2.32. The molecule has 2 heterocycles. The zero-order valence-corrected chi connectivity index (χ0v) is 11.1. The fourth-order valence-electron chi connectivity index (χ4n) is 2.81. The van der Waals surface area contributed by atoms with Crippen molar-refractivity contribution in [3.8, 4) is 0 Å². The average molecular weight is 262 g/mol. The van der Waals surface area contributed by atoms with Gasteiger partial charge in [0, 0.05) is 6.54 Å². The van der Waals surface area contributed by atoms with Crippen LogP contribution in [-0.4, -0.2) is 34.6 Å². The lowest BCUT2D eigenvalue weighted by Gasteiger charge is -2.29. The maximum Gasteiger partial charge on any atom is 0.201 e. The Hall–Kier alpha value is -1.62. The van der Waals surface area contributed by atoms with Crippen LogP contribution in [0.25, 0.3) is 11.0 Å². The molecule has 0 spiro atoms. The molecule has 1 aliphatic heterocycles. The second-order valence-corrected chi connectivity index (χ2v) is 5.46. The molecule has 0 amide bonds. The summed E-state index contributed by atoms with van der Waals surface area (Å²) in [5.74, 6) is 0.843. The molecule has 0 unspecified atom stereocenters. The van der Waals surface area contributed by atoms with Gasteiger partial charge in [-0.05, 0) is 57.1 Å². The molecule has 0 saturated carbocycles. The lowest BCUT2D eigenvalue weighted by atomic mass is 9.97. The number of benzene rings is 1. The van der Waals surface area contributed by atoms with Crippen LogP contribution in [0.3, 0.4) is 0 Å². The van der Waals surface area contributed by atoms with Gasteiger partial charge in [-0.3, -0.25) is 0 Å². The second kappa shape index (κ2) is 4.81. The molecular weight excluding hydrogens is 243 g/mol. The number of anilines is 1. The van der Waals surface area contributed by atoms with E-state index in [0.717, 1.165) is 43.5 Å². The highest BCUT2D eigenvalue weighted by Crippen LogP contribution is 2.24. The molecule has 0 bridgehead atoms. The molecule has 1 aromatic heterocycles. The number of rotatable bonds is 2. The van der Waals surface area contributed by atoms with Crippen molar-refractivity contribution >= 4 is 17.0 Å². The molecule has 4 nitrogen and oxygen atoms in total. The van der Waals surface area contributed by atoms with Gasteiger partial charge < -0.3 is 15.2 Å². The van der Waals surface area contributed by atoms with Crippen molar-refractivity contribution in [2.75, 3.05) is 25.9 Å². The fourth-order valence-corrected chi connectivity index (χ4v) is 2.81. The Kier molecular flexibility index (Phi) is 3.14. The summed E-state index contributed by atoms with van der Waals surface area (Å²) in [4.78, 5) is 6.64. The highest BCUT2D eigenvalue weighted by Gasteiger charge is 2.19. The first-order valence-electron chi connectivity index (χ1n) is 6.73. The number of hydrogen-bond donors (Lipinski definition) is 1. The predicted octanol–water partition coefficient (Wildman–Crippen LogP) is 2.10. The van der Waals surface area contributed by atoms with E-state index in [1.807, 2.05) is 4.57 Å². The number of hydrogen-bond acceptors (Lipinski definition) is 3. The van der Waals surface area contributed by atoms with E-state index < -0.39 is 0 Å². The smallest absolute Gasteiger partial charge is 0.201 e. The molecule has 0 aliphatic carbocycles. The van der Waals surface area contributed by atoms with Gasteiger partial charge in [0.2, 0.25) is 5.95 Å². The lowest BCUT2D eigenvalue weighted by Crippen LogP contribution is -2.32. The first-order valence-corrected chi connectivity index (χ1v) is 6.73. The van der Waals surface area contributed by atoms with Gasteiger partial charge in [0.25, 0.3) is 0 Å². The summed E-state index contributed by atoms with van der Waals surface area (Å²) in [7, 11) is 2.15. The minimum absolute atomic E-state index is 0.239. The highest BCUT2D eigenvalue weighted by molar-refractivity contribution is 5.78. The fraction of sp³-hybridized carbons (Fsp3) is 0.500. The van der Waals surface area contributed by atoms with Crippen LogP contribution in [0.1, 0.15) is 12.8 Å². The van der Waals surface area contributed by atoms with Crippen LogP contribution in [0.2, 0.25) is 0 Å². The molecule has 3 rings (SSSR count). The molecule has 0 atom stereocenters. The molecule has 19 heavy (non-hydrogen) atoms. The van der Waals surface area contributed by atoms with Crippen molar-refractivity contribution in [3.63, 3.8) is 0 Å². The van der Waals surface area contributed by atoms with Crippen LogP contribution in [0.4, 0.5) is 10.3 Å². The molecule has 2 aromatic rings.